The highest BCUT2D eigenvalue weighted by Gasteiger charge is 2.48. The molecule has 2 rings (SSSR count). The zero-order valence-electron chi connectivity index (χ0n) is 20.0. The number of hydrogen-bond donors (Lipinski definition) is 1. The van der Waals surface area contributed by atoms with Crippen LogP contribution in [0.2, 0.25) is 0 Å². The van der Waals surface area contributed by atoms with Gasteiger partial charge in [0.05, 0.1) is 6.04 Å². The summed E-state index contributed by atoms with van der Waals surface area (Å²) in [6, 6.07) is 1.83. The van der Waals surface area contributed by atoms with Crippen molar-refractivity contribution in [2.75, 3.05) is 33.7 Å². The summed E-state index contributed by atoms with van der Waals surface area (Å²) in [6.45, 7) is 12.7. The van der Waals surface area contributed by atoms with E-state index in [1.54, 1.807) is 6.08 Å². The zero-order valence-corrected chi connectivity index (χ0v) is 20.0. The molecule has 1 aromatic rings. The summed E-state index contributed by atoms with van der Waals surface area (Å²) in [5, 5.41) is 3.22. The first-order valence-electron chi connectivity index (χ1n) is 10.9. The Labute approximate surface area is 182 Å². The molecule has 2 heterocycles. The van der Waals surface area contributed by atoms with Crippen LogP contribution in [0.3, 0.4) is 0 Å². The monoisotopic (exact) mass is 416 g/mol. The SMILES string of the molecule is CC(C)C(C(=O)NCC1(C(C)(C)C)CCN(C(=O)/C=C/c2ccn(C)c2)C1)N(C)C. The van der Waals surface area contributed by atoms with Gasteiger partial charge in [-0.15, -0.1) is 0 Å². The van der Waals surface area contributed by atoms with Gasteiger partial charge in [-0.25, -0.2) is 0 Å². The van der Waals surface area contributed by atoms with Crippen LogP contribution in [-0.2, 0) is 16.6 Å². The minimum Gasteiger partial charge on any atom is -0.357 e. The Morgan fingerprint density at radius 3 is 2.47 bits per heavy atom. The van der Waals surface area contributed by atoms with E-state index in [-0.39, 0.29) is 34.6 Å². The zero-order chi connectivity index (χ0) is 22.7. The molecule has 0 aromatic carbocycles. The van der Waals surface area contributed by atoms with Crippen LogP contribution in [0.15, 0.2) is 24.5 Å². The fourth-order valence-electron chi connectivity index (χ4n) is 4.47. The molecule has 168 valence electrons. The number of nitrogens with zero attached hydrogens (tertiary/aromatic N) is 3. The molecule has 1 aliphatic rings. The Bertz CT molecular complexity index is 764. The highest BCUT2D eigenvalue weighted by atomic mass is 16.2. The Balaban J connectivity index is 2.08. The molecule has 0 spiro atoms. The van der Waals surface area contributed by atoms with E-state index < -0.39 is 0 Å². The van der Waals surface area contributed by atoms with Crippen LogP contribution in [-0.4, -0.2) is 66.0 Å². The van der Waals surface area contributed by atoms with Gasteiger partial charge < -0.3 is 14.8 Å². The number of aromatic nitrogens is 1. The molecule has 2 unspecified atom stereocenters. The lowest BCUT2D eigenvalue weighted by molar-refractivity contribution is -0.128. The molecule has 1 aromatic heterocycles. The molecule has 0 aliphatic carbocycles. The van der Waals surface area contributed by atoms with Gasteiger partial charge >= 0.3 is 0 Å². The summed E-state index contributed by atoms with van der Waals surface area (Å²) < 4.78 is 1.96. The molecule has 0 saturated carbocycles. The lowest BCUT2D eigenvalue weighted by atomic mass is 9.66. The van der Waals surface area contributed by atoms with Gasteiger partial charge in [-0.2, -0.15) is 0 Å². The number of hydrogen-bond acceptors (Lipinski definition) is 3. The topological polar surface area (TPSA) is 57.6 Å². The van der Waals surface area contributed by atoms with Crippen molar-refractivity contribution >= 4 is 17.9 Å². The maximum Gasteiger partial charge on any atom is 0.246 e. The molecule has 1 saturated heterocycles. The van der Waals surface area contributed by atoms with Crippen LogP contribution < -0.4 is 5.32 Å². The maximum absolute atomic E-state index is 12.9. The molecule has 1 aliphatic heterocycles. The van der Waals surface area contributed by atoms with Gasteiger partial charge in [0.2, 0.25) is 11.8 Å². The number of nitrogens with one attached hydrogen (secondary N) is 1. The molecule has 2 atom stereocenters. The summed E-state index contributed by atoms with van der Waals surface area (Å²) in [4.78, 5) is 29.6. The van der Waals surface area contributed by atoms with Gasteiger partial charge in [0.15, 0.2) is 0 Å². The number of carbonyl (C=O) groups is 2. The smallest absolute Gasteiger partial charge is 0.246 e. The summed E-state index contributed by atoms with van der Waals surface area (Å²) in [6.07, 6.45) is 8.36. The molecule has 1 N–H and O–H groups in total. The number of likely N-dealkylation sites (N-methyl/N-ethyl adjacent to an activating group) is 1. The summed E-state index contributed by atoms with van der Waals surface area (Å²) >= 11 is 0. The lowest BCUT2D eigenvalue weighted by Gasteiger charge is -2.42. The van der Waals surface area contributed by atoms with Gasteiger partial charge in [0, 0.05) is 50.6 Å². The number of aryl methyl sites for hydroxylation is 1. The highest BCUT2D eigenvalue weighted by Crippen LogP contribution is 2.45. The minimum atomic E-state index is -0.157. The minimum absolute atomic E-state index is 0.0321. The number of carbonyl (C=O) groups excluding carboxylic acids is 2. The second-order valence-corrected chi connectivity index (χ2v) is 10.4. The van der Waals surface area contributed by atoms with Crippen molar-refractivity contribution in [2.24, 2.45) is 23.8 Å². The molecule has 2 amide bonds. The third-order valence-electron chi connectivity index (χ3n) is 6.59. The quantitative estimate of drug-likeness (QED) is 0.695. The third kappa shape index (κ3) is 5.54. The van der Waals surface area contributed by atoms with Gasteiger partial charge in [0.25, 0.3) is 0 Å². The van der Waals surface area contributed by atoms with E-state index >= 15 is 0 Å². The number of rotatable bonds is 7. The Kier molecular flexibility index (Phi) is 7.56. The Hall–Kier alpha value is -2.08. The van der Waals surface area contributed by atoms with Gasteiger partial charge in [-0.05, 0) is 49.6 Å². The van der Waals surface area contributed by atoms with Crippen molar-refractivity contribution in [1.82, 2.24) is 19.7 Å². The third-order valence-corrected chi connectivity index (χ3v) is 6.59. The van der Waals surface area contributed by atoms with Crippen molar-refractivity contribution in [3.63, 3.8) is 0 Å². The van der Waals surface area contributed by atoms with Crippen LogP contribution in [0.4, 0.5) is 0 Å². The Morgan fingerprint density at radius 2 is 1.97 bits per heavy atom. The molecule has 6 heteroatoms. The van der Waals surface area contributed by atoms with E-state index in [0.717, 1.165) is 12.0 Å². The summed E-state index contributed by atoms with van der Waals surface area (Å²) in [5.41, 5.74) is 0.833. The van der Waals surface area contributed by atoms with Crippen molar-refractivity contribution in [2.45, 2.75) is 47.1 Å². The molecule has 6 nitrogen and oxygen atoms in total. The van der Waals surface area contributed by atoms with Crippen molar-refractivity contribution in [1.29, 1.82) is 0 Å². The van der Waals surface area contributed by atoms with E-state index in [4.69, 9.17) is 0 Å². The van der Waals surface area contributed by atoms with Crippen molar-refractivity contribution in [3.05, 3.63) is 30.1 Å². The number of amides is 2. The maximum atomic E-state index is 12.9. The first-order chi connectivity index (χ1) is 13.9. The highest BCUT2D eigenvalue weighted by molar-refractivity contribution is 5.92. The predicted molar refractivity (Wildman–Crippen MR) is 123 cm³/mol. The second-order valence-electron chi connectivity index (χ2n) is 10.4. The molecule has 0 bridgehead atoms. The van der Waals surface area contributed by atoms with Crippen LogP contribution in [0.25, 0.3) is 6.08 Å². The standard InChI is InChI=1S/C24H40N4O2/c1-18(2)21(26(6)7)22(30)25-16-24(23(3,4)5)12-14-28(17-24)20(29)10-9-19-11-13-27(8)15-19/h9-11,13,15,18,21H,12,14,16-17H2,1-8H3,(H,25,30)/b10-9+. The molecule has 0 radical (unpaired) electrons. The Morgan fingerprint density at radius 1 is 1.30 bits per heavy atom. The van der Waals surface area contributed by atoms with Crippen molar-refractivity contribution in [3.8, 4) is 0 Å². The van der Waals surface area contributed by atoms with E-state index in [1.807, 2.05) is 60.0 Å². The molecule has 1 fully saturated rings. The first-order valence-corrected chi connectivity index (χ1v) is 10.9. The van der Waals surface area contributed by atoms with E-state index in [1.165, 1.54) is 0 Å². The van der Waals surface area contributed by atoms with Gasteiger partial charge in [-0.3, -0.25) is 14.5 Å². The first kappa shape index (κ1) is 24.2. The average Bonchev–Trinajstić information content (AvgIpc) is 3.24. The summed E-state index contributed by atoms with van der Waals surface area (Å²) in [5.74, 6) is 0.326. The fourth-order valence-corrected chi connectivity index (χ4v) is 4.47. The van der Waals surface area contributed by atoms with E-state index in [2.05, 4.69) is 39.9 Å². The van der Waals surface area contributed by atoms with Gasteiger partial charge in [-0.1, -0.05) is 34.6 Å². The largest absolute Gasteiger partial charge is 0.357 e. The van der Waals surface area contributed by atoms with Crippen molar-refractivity contribution < 1.29 is 9.59 Å². The van der Waals surface area contributed by atoms with Crippen LogP contribution in [0.5, 0.6) is 0 Å². The lowest BCUT2D eigenvalue weighted by Crippen LogP contribution is -2.53. The average molecular weight is 417 g/mol. The fraction of sp³-hybridized carbons (Fsp3) is 0.667. The van der Waals surface area contributed by atoms with Gasteiger partial charge in [0.1, 0.15) is 0 Å². The molecule has 30 heavy (non-hydrogen) atoms. The second kappa shape index (κ2) is 9.38. The normalized spacial score (nSPS) is 21.1. The number of likely N-dealkylation sites (tertiary alicyclic amines) is 1. The predicted octanol–water partition coefficient (Wildman–Crippen LogP) is 3.01. The summed E-state index contributed by atoms with van der Waals surface area (Å²) in [7, 11) is 5.85. The van der Waals surface area contributed by atoms with E-state index in [0.29, 0.717) is 19.6 Å². The van der Waals surface area contributed by atoms with Crippen LogP contribution in [0.1, 0.15) is 46.6 Å². The molecular weight excluding hydrogens is 376 g/mol. The van der Waals surface area contributed by atoms with Crippen LogP contribution in [0, 0.1) is 16.7 Å². The van der Waals surface area contributed by atoms with E-state index in [9.17, 15) is 9.59 Å². The molecular formula is C24H40N4O2. The van der Waals surface area contributed by atoms with Crippen LogP contribution >= 0.6 is 0 Å².